The molecular weight excluding hydrogens is 356 g/mol. The summed E-state index contributed by atoms with van der Waals surface area (Å²) in [7, 11) is 0. The smallest absolute Gasteiger partial charge is 0.412 e. The van der Waals surface area contributed by atoms with Crippen molar-refractivity contribution in [2.24, 2.45) is 0 Å². The van der Waals surface area contributed by atoms with Crippen molar-refractivity contribution in [2.45, 2.75) is 26.4 Å². The lowest BCUT2D eigenvalue weighted by Crippen LogP contribution is -2.27. The molecule has 0 bridgehead atoms. The summed E-state index contributed by atoms with van der Waals surface area (Å²) in [4.78, 5) is 31.0. The number of non-ortho nitro benzene ring substituents is 2. The lowest BCUT2D eigenvalue weighted by atomic mass is 10.2. The van der Waals surface area contributed by atoms with Crippen molar-refractivity contribution >= 4 is 28.8 Å². The predicted octanol–water partition coefficient (Wildman–Crippen LogP) is 4.12. The molecule has 0 radical (unpaired) electrons. The largest absolute Gasteiger partial charge is 0.444 e. The number of carbonyl (C=O) groups excluding carboxylic acids is 1. The van der Waals surface area contributed by atoms with E-state index in [1.54, 1.807) is 39.0 Å². The van der Waals surface area contributed by atoms with Crippen molar-refractivity contribution in [3.8, 4) is 0 Å². The van der Waals surface area contributed by atoms with Gasteiger partial charge in [0, 0.05) is 30.0 Å². The molecule has 2 aromatic rings. The Bertz CT molecular complexity index is 832. The number of carbonyl (C=O) groups is 1. The Hall–Kier alpha value is -3.69. The Morgan fingerprint density at radius 1 is 1.00 bits per heavy atom. The number of hydrogen-bond donors (Lipinski definition) is 2. The van der Waals surface area contributed by atoms with Crippen molar-refractivity contribution < 1.29 is 19.4 Å². The third-order valence-electron chi connectivity index (χ3n) is 2.78. The highest BCUT2D eigenvalue weighted by molar-refractivity contribution is 5.85. The van der Waals surface area contributed by atoms with Crippen molar-refractivity contribution in [2.75, 3.05) is 11.1 Å². The molecule has 3 N–H and O–H groups in total. The fourth-order valence-corrected chi connectivity index (χ4v) is 1.76. The lowest BCUT2D eigenvalue weighted by Gasteiger charge is -2.19. The van der Waals surface area contributed by atoms with Crippen LogP contribution in [-0.4, -0.2) is 21.5 Å². The summed E-state index contributed by atoms with van der Waals surface area (Å²) in [5, 5.41) is 23.1. The normalized spacial score (nSPS) is 10.2. The summed E-state index contributed by atoms with van der Waals surface area (Å²) < 4.78 is 5.02. The number of amides is 1. The first-order valence-electron chi connectivity index (χ1n) is 7.72. The number of nitrogens with zero attached hydrogens (tertiary/aromatic N) is 2. The first kappa shape index (κ1) is 21.4. The Labute approximate surface area is 155 Å². The van der Waals surface area contributed by atoms with Crippen LogP contribution in [0.4, 0.5) is 27.5 Å². The summed E-state index contributed by atoms with van der Waals surface area (Å²) >= 11 is 0. The number of nitrogen functional groups attached to an aromatic ring is 1. The molecule has 1 amide bonds. The van der Waals surface area contributed by atoms with Gasteiger partial charge >= 0.3 is 6.09 Å². The summed E-state index contributed by atoms with van der Waals surface area (Å²) in [5.74, 6) is 0. The molecule has 144 valence electrons. The average molecular weight is 376 g/mol. The molecule has 2 rings (SSSR count). The second-order valence-corrected chi connectivity index (χ2v) is 6.29. The first-order chi connectivity index (χ1) is 12.5. The lowest BCUT2D eigenvalue weighted by molar-refractivity contribution is -0.385. The minimum absolute atomic E-state index is 0.0278. The third-order valence-corrected chi connectivity index (χ3v) is 2.78. The summed E-state index contributed by atoms with van der Waals surface area (Å²) in [6, 6.07) is 11.5. The highest BCUT2D eigenvalue weighted by atomic mass is 16.6. The summed E-state index contributed by atoms with van der Waals surface area (Å²) in [6.45, 7) is 5.21. The highest BCUT2D eigenvalue weighted by Gasteiger charge is 2.16. The average Bonchev–Trinajstić information content (AvgIpc) is 2.53. The van der Waals surface area contributed by atoms with Gasteiger partial charge in [-0.3, -0.25) is 25.5 Å². The van der Waals surface area contributed by atoms with Gasteiger partial charge in [0.25, 0.3) is 11.4 Å². The van der Waals surface area contributed by atoms with Crippen molar-refractivity contribution in [1.82, 2.24) is 0 Å². The van der Waals surface area contributed by atoms with Crippen LogP contribution in [0.15, 0.2) is 48.5 Å². The molecular formula is C17H20N4O6. The van der Waals surface area contributed by atoms with Crippen LogP contribution in [0.3, 0.4) is 0 Å². The molecule has 10 nitrogen and oxygen atoms in total. The zero-order valence-corrected chi connectivity index (χ0v) is 15.0. The van der Waals surface area contributed by atoms with Gasteiger partial charge in [-0.1, -0.05) is 12.1 Å². The summed E-state index contributed by atoms with van der Waals surface area (Å²) in [5.41, 5.74) is 5.37. The Morgan fingerprint density at radius 3 is 1.96 bits per heavy atom. The van der Waals surface area contributed by atoms with Crippen molar-refractivity contribution in [3.63, 3.8) is 0 Å². The van der Waals surface area contributed by atoms with Crippen LogP contribution in [0, 0.1) is 20.2 Å². The number of nitro benzene ring substituents is 2. The molecule has 0 heterocycles. The van der Waals surface area contributed by atoms with Crippen molar-refractivity contribution in [1.29, 1.82) is 0 Å². The Morgan fingerprint density at radius 2 is 1.52 bits per heavy atom. The molecule has 0 atom stereocenters. The number of nitrogens with one attached hydrogen (secondary N) is 1. The number of ether oxygens (including phenoxy) is 1. The zero-order chi connectivity index (χ0) is 20.6. The topological polar surface area (TPSA) is 151 Å². The second-order valence-electron chi connectivity index (χ2n) is 6.29. The summed E-state index contributed by atoms with van der Waals surface area (Å²) in [6.07, 6.45) is -0.641. The fourth-order valence-electron chi connectivity index (χ4n) is 1.76. The monoisotopic (exact) mass is 376 g/mol. The standard InChI is InChI=1S/C11H14N2O4.C6H6N2O2/c1-11(2,3)17-10(14)12-8-5-4-6-9(7-8)13(15)16;7-5-2-1-3-6(4-5)8(9)10/h4-7H,1-3H3,(H,12,14);1-4H,7H2. The van der Waals surface area contributed by atoms with E-state index in [2.05, 4.69) is 5.32 Å². The van der Waals surface area contributed by atoms with Crippen LogP contribution < -0.4 is 11.1 Å². The van der Waals surface area contributed by atoms with Crippen LogP contribution >= 0.6 is 0 Å². The minimum atomic E-state index is -0.641. The maximum absolute atomic E-state index is 11.4. The van der Waals surface area contributed by atoms with Gasteiger partial charge in [-0.15, -0.1) is 0 Å². The van der Waals surface area contributed by atoms with E-state index in [1.165, 1.54) is 30.3 Å². The second kappa shape index (κ2) is 9.13. The number of rotatable bonds is 3. The van der Waals surface area contributed by atoms with E-state index in [4.69, 9.17) is 10.5 Å². The van der Waals surface area contributed by atoms with Crippen LogP contribution in [0.25, 0.3) is 0 Å². The molecule has 27 heavy (non-hydrogen) atoms. The molecule has 0 spiro atoms. The van der Waals surface area contributed by atoms with Crippen LogP contribution in [0.5, 0.6) is 0 Å². The number of nitrogens with two attached hydrogens (primary N) is 1. The van der Waals surface area contributed by atoms with Gasteiger partial charge in [-0.25, -0.2) is 4.79 Å². The molecule has 10 heteroatoms. The number of nitro groups is 2. The minimum Gasteiger partial charge on any atom is -0.444 e. The molecule has 0 aliphatic carbocycles. The quantitative estimate of drug-likeness (QED) is 0.464. The molecule has 0 aliphatic rings. The van der Waals surface area contributed by atoms with Crippen LogP contribution in [0.2, 0.25) is 0 Å². The van der Waals surface area contributed by atoms with E-state index in [1.807, 2.05) is 0 Å². The van der Waals surface area contributed by atoms with Gasteiger partial charge in [0.1, 0.15) is 5.60 Å². The molecule has 0 unspecified atom stereocenters. The van der Waals surface area contributed by atoms with Crippen molar-refractivity contribution in [3.05, 3.63) is 68.8 Å². The number of hydrogen-bond acceptors (Lipinski definition) is 7. The SMILES string of the molecule is CC(C)(C)OC(=O)Nc1cccc([N+](=O)[O-])c1.Nc1cccc([N+](=O)[O-])c1. The van der Waals surface area contributed by atoms with Gasteiger partial charge in [0.05, 0.1) is 15.5 Å². The van der Waals surface area contributed by atoms with Gasteiger partial charge in [-0.05, 0) is 32.9 Å². The highest BCUT2D eigenvalue weighted by Crippen LogP contribution is 2.18. The van der Waals surface area contributed by atoms with Gasteiger partial charge in [0.15, 0.2) is 0 Å². The maximum atomic E-state index is 11.4. The van der Waals surface area contributed by atoms with E-state index in [9.17, 15) is 25.0 Å². The van der Waals surface area contributed by atoms with Crippen LogP contribution in [0.1, 0.15) is 20.8 Å². The number of anilines is 2. The first-order valence-corrected chi connectivity index (χ1v) is 7.72. The van der Waals surface area contributed by atoms with E-state index in [0.717, 1.165) is 0 Å². The molecule has 0 fully saturated rings. The fraction of sp³-hybridized carbons (Fsp3) is 0.235. The van der Waals surface area contributed by atoms with Gasteiger partial charge in [0.2, 0.25) is 0 Å². The third kappa shape index (κ3) is 8.29. The number of benzene rings is 2. The van der Waals surface area contributed by atoms with Crippen LogP contribution in [-0.2, 0) is 4.74 Å². The Kier molecular flexibility index (Phi) is 7.22. The molecule has 0 aliphatic heterocycles. The molecule has 2 aromatic carbocycles. The van der Waals surface area contributed by atoms with E-state index < -0.39 is 21.5 Å². The molecule has 0 saturated heterocycles. The molecule has 0 aromatic heterocycles. The molecule has 0 saturated carbocycles. The zero-order valence-electron chi connectivity index (χ0n) is 15.0. The van der Waals surface area contributed by atoms with E-state index in [0.29, 0.717) is 11.4 Å². The van der Waals surface area contributed by atoms with Gasteiger partial charge < -0.3 is 10.5 Å². The Balaban J connectivity index is 0.000000309. The van der Waals surface area contributed by atoms with E-state index >= 15 is 0 Å². The predicted molar refractivity (Wildman–Crippen MR) is 100 cm³/mol. The maximum Gasteiger partial charge on any atom is 0.412 e. The van der Waals surface area contributed by atoms with E-state index in [-0.39, 0.29) is 11.4 Å². The van der Waals surface area contributed by atoms with Gasteiger partial charge in [-0.2, -0.15) is 0 Å².